The molecule has 0 atom stereocenters. The van der Waals surface area contributed by atoms with Gasteiger partial charge in [0.25, 0.3) is 0 Å². The third kappa shape index (κ3) is 1.24. The Balaban J connectivity index is 3.35. The molecule has 0 saturated carbocycles. The number of rotatable bonds is 0. The van der Waals surface area contributed by atoms with Gasteiger partial charge in [0.1, 0.15) is 0 Å². The van der Waals surface area contributed by atoms with Crippen LogP contribution in [0, 0.1) is 7.53 Å². The van der Waals surface area contributed by atoms with Crippen LogP contribution in [-0.4, -0.2) is 0 Å². The summed E-state index contributed by atoms with van der Waals surface area (Å²) in [5.74, 6) is -0.640. The van der Waals surface area contributed by atoms with Crippen molar-refractivity contribution in [3.63, 3.8) is 0 Å². The summed E-state index contributed by atoms with van der Waals surface area (Å²) in [5, 5.41) is 0. The monoisotopic (exact) mass is 338 g/mol. The molecule has 0 spiro atoms. The summed E-state index contributed by atoms with van der Waals surface area (Å²) in [6.07, 6.45) is 0. The van der Waals surface area contributed by atoms with Gasteiger partial charge in [-0.25, -0.2) is 4.79 Å². The predicted octanol–water partition coefficient (Wildman–Crippen LogP) is 1.44. The summed E-state index contributed by atoms with van der Waals surface area (Å²) in [6, 6.07) is 0. The van der Waals surface area contributed by atoms with Crippen LogP contribution in [0.2, 0.25) is 0 Å². The quantitative estimate of drug-likeness (QED) is 0.673. The molecular formula is C3I2O3. The van der Waals surface area contributed by atoms with Crippen molar-refractivity contribution in [2.45, 2.75) is 0 Å². The van der Waals surface area contributed by atoms with Crippen molar-refractivity contribution in [3.8, 4) is 0 Å². The van der Waals surface area contributed by atoms with Gasteiger partial charge in [0.15, 0.2) is 0 Å². The van der Waals surface area contributed by atoms with Crippen LogP contribution in [-0.2, 0) is 0 Å². The van der Waals surface area contributed by atoms with Crippen LogP contribution in [0.25, 0.3) is 0 Å². The Morgan fingerprint density at radius 1 is 1.12 bits per heavy atom. The first kappa shape index (κ1) is 6.59. The van der Waals surface area contributed by atoms with Gasteiger partial charge in [0.05, 0.1) is 0 Å². The molecule has 0 saturated heterocycles. The van der Waals surface area contributed by atoms with Crippen molar-refractivity contribution in [3.05, 3.63) is 18.2 Å². The maximum absolute atomic E-state index is 10.2. The lowest BCUT2D eigenvalue weighted by Gasteiger charge is -1.69. The topological polar surface area (TPSA) is 43.4 Å². The van der Waals surface area contributed by atoms with Gasteiger partial charge in [-0.15, -0.1) is 0 Å². The standard InChI is InChI=1S/C3I2O3/c4-1-2(5)8-3(6)7-1. The molecule has 5 heteroatoms. The smallest absolute Gasteiger partial charge is 0.384 e. The van der Waals surface area contributed by atoms with Crippen molar-refractivity contribution >= 4 is 45.2 Å². The van der Waals surface area contributed by atoms with Gasteiger partial charge in [0, 0.05) is 45.2 Å². The molecule has 0 aromatic carbocycles. The molecule has 1 aromatic rings. The van der Waals surface area contributed by atoms with Crippen LogP contribution in [0.1, 0.15) is 0 Å². The molecule has 0 aliphatic carbocycles. The lowest BCUT2D eigenvalue weighted by atomic mass is 11.1. The summed E-state index contributed by atoms with van der Waals surface area (Å²) in [4.78, 5) is 10.2. The van der Waals surface area contributed by atoms with Gasteiger partial charge in [-0.05, 0) is 0 Å². The van der Waals surface area contributed by atoms with Gasteiger partial charge in [-0.3, -0.25) is 0 Å². The van der Waals surface area contributed by atoms with E-state index in [1.165, 1.54) is 0 Å². The van der Waals surface area contributed by atoms with E-state index in [9.17, 15) is 4.79 Å². The highest BCUT2D eigenvalue weighted by Crippen LogP contribution is 2.10. The second-order valence-electron chi connectivity index (χ2n) is 1.00. The molecule has 0 aliphatic heterocycles. The van der Waals surface area contributed by atoms with Gasteiger partial charge < -0.3 is 8.83 Å². The van der Waals surface area contributed by atoms with Crippen LogP contribution >= 0.6 is 45.2 Å². The van der Waals surface area contributed by atoms with Crippen LogP contribution in [0.3, 0.4) is 0 Å². The van der Waals surface area contributed by atoms with Gasteiger partial charge >= 0.3 is 5.82 Å². The second-order valence-corrected chi connectivity index (χ2v) is 2.96. The third-order valence-electron chi connectivity index (χ3n) is 0.500. The third-order valence-corrected chi connectivity index (χ3v) is 2.95. The van der Waals surface area contributed by atoms with E-state index in [4.69, 9.17) is 0 Å². The molecule has 0 aliphatic rings. The maximum atomic E-state index is 10.2. The van der Waals surface area contributed by atoms with E-state index in [2.05, 4.69) is 8.83 Å². The Bertz CT molecular complexity index is 212. The Hall–Kier alpha value is 0.470. The molecule has 0 radical (unpaired) electrons. The molecule has 44 valence electrons. The van der Waals surface area contributed by atoms with Crippen molar-refractivity contribution < 1.29 is 8.83 Å². The minimum absolute atomic E-state index is 0.508. The van der Waals surface area contributed by atoms with Gasteiger partial charge in [-0.2, -0.15) is 0 Å². The number of hydrogen-bond acceptors (Lipinski definition) is 3. The minimum atomic E-state index is -0.640. The van der Waals surface area contributed by atoms with E-state index in [-0.39, 0.29) is 0 Å². The Morgan fingerprint density at radius 2 is 1.50 bits per heavy atom. The lowest BCUT2D eigenvalue weighted by Crippen LogP contribution is -1.84. The van der Waals surface area contributed by atoms with E-state index in [0.717, 1.165) is 0 Å². The molecule has 8 heavy (non-hydrogen) atoms. The predicted molar refractivity (Wildman–Crippen MR) is 42.7 cm³/mol. The summed E-state index contributed by atoms with van der Waals surface area (Å²) in [5.41, 5.74) is 0. The van der Waals surface area contributed by atoms with Crippen LogP contribution in [0.15, 0.2) is 13.6 Å². The Kier molecular flexibility index (Phi) is 1.96. The molecule has 1 aromatic heterocycles. The zero-order valence-corrected chi connectivity index (χ0v) is 7.80. The molecule has 3 nitrogen and oxygen atoms in total. The zero-order chi connectivity index (χ0) is 6.15. The Morgan fingerprint density at radius 3 is 1.62 bits per heavy atom. The van der Waals surface area contributed by atoms with E-state index >= 15 is 0 Å². The maximum Gasteiger partial charge on any atom is 0.520 e. The van der Waals surface area contributed by atoms with Crippen molar-refractivity contribution in [2.75, 3.05) is 0 Å². The minimum Gasteiger partial charge on any atom is -0.384 e. The first-order valence-electron chi connectivity index (χ1n) is 1.65. The average Bonchev–Trinajstić information content (AvgIpc) is 1.85. The molecular weight excluding hydrogens is 338 g/mol. The summed E-state index contributed by atoms with van der Waals surface area (Å²) < 4.78 is 9.96. The Labute approximate surface area is 71.7 Å². The molecule has 0 bridgehead atoms. The van der Waals surface area contributed by atoms with Crippen molar-refractivity contribution in [2.24, 2.45) is 0 Å². The largest absolute Gasteiger partial charge is 0.520 e. The highest BCUT2D eigenvalue weighted by molar-refractivity contribution is 14.1. The van der Waals surface area contributed by atoms with Crippen LogP contribution < -0.4 is 5.82 Å². The molecule has 0 unspecified atom stereocenters. The van der Waals surface area contributed by atoms with Gasteiger partial charge in [0.2, 0.25) is 7.53 Å². The van der Waals surface area contributed by atoms with E-state index in [1.807, 2.05) is 45.2 Å². The average molecular weight is 338 g/mol. The number of hydrogen-bond donors (Lipinski definition) is 0. The number of halogens is 2. The summed E-state index contributed by atoms with van der Waals surface area (Å²) in [6.45, 7) is 0. The highest BCUT2D eigenvalue weighted by Gasteiger charge is 2.03. The molecule has 0 N–H and O–H groups in total. The van der Waals surface area contributed by atoms with Crippen molar-refractivity contribution in [1.29, 1.82) is 0 Å². The van der Waals surface area contributed by atoms with E-state index in [1.54, 1.807) is 0 Å². The van der Waals surface area contributed by atoms with E-state index < -0.39 is 5.82 Å². The first-order chi connectivity index (χ1) is 3.70. The van der Waals surface area contributed by atoms with Gasteiger partial charge in [-0.1, -0.05) is 0 Å². The normalized spacial score (nSPS) is 9.75. The molecule has 0 fully saturated rings. The fourth-order valence-electron chi connectivity index (χ4n) is 0.247. The first-order valence-corrected chi connectivity index (χ1v) is 3.81. The highest BCUT2D eigenvalue weighted by atomic mass is 127. The summed E-state index contributed by atoms with van der Waals surface area (Å²) >= 11 is 3.75. The second kappa shape index (κ2) is 2.38. The van der Waals surface area contributed by atoms with E-state index in [0.29, 0.717) is 7.53 Å². The molecule has 1 heterocycles. The van der Waals surface area contributed by atoms with Crippen LogP contribution in [0.4, 0.5) is 0 Å². The zero-order valence-electron chi connectivity index (χ0n) is 3.48. The van der Waals surface area contributed by atoms with Crippen molar-refractivity contribution in [1.82, 2.24) is 0 Å². The summed E-state index contributed by atoms with van der Waals surface area (Å²) in [7, 11) is 0. The van der Waals surface area contributed by atoms with Crippen LogP contribution in [0.5, 0.6) is 0 Å². The fourth-order valence-corrected chi connectivity index (χ4v) is 0.827. The molecule has 0 amide bonds. The SMILES string of the molecule is O=c1oc(I)c(I)o1. The molecule has 1 rings (SSSR count). The lowest BCUT2D eigenvalue weighted by molar-refractivity contribution is 0.373. The fraction of sp³-hybridized carbons (Fsp3) is 0.